The van der Waals surface area contributed by atoms with Gasteiger partial charge in [-0.3, -0.25) is 0 Å². The van der Waals surface area contributed by atoms with Crippen molar-refractivity contribution in [1.29, 1.82) is 0 Å². The topological polar surface area (TPSA) is 118 Å². The quantitative estimate of drug-likeness (QED) is 0.479. The normalized spacial score (nSPS) is 9.58. The van der Waals surface area contributed by atoms with E-state index >= 15 is 0 Å². The Morgan fingerprint density at radius 1 is 0.962 bits per heavy atom. The second-order valence-corrected chi connectivity index (χ2v) is 4.99. The van der Waals surface area contributed by atoms with E-state index in [-0.39, 0.29) is 0 Å². The van der Waals surface area contributed by atoms with Crippen molar-refractivity contribution in [3.63, 3.8) is 0 Å². The number of nitrogens with one attached hydrogen (secondary N) is 1. The van der Waals surface area contributed by atoms with Gasteiger partial charge in [0, 0.05) is 25.4 Å². The molecule has 0 aliphatic carbocycles. The Balaban J connectivity index is 0.000000487. The van der Waals surface area contributed by atoms with E-state index in [1.54, 1.807) is 6.20 Å². The van der Waals surface area contributed by atoms with Gasteiger partial charge in [-0.1, -0.05) is 24.3 Å². The number of benzene rings is 1. The van der Waals surface area contributed by atoms with Crippen LogP contribution in [0.15, 0.2) is 48.7 Å². The third-order valence-electron chi connectivity index (χ3n) is 2.98. The van der Waals surface area contributed by atoms with Gasteiger partial charge < -0.3 is 25.0 Å². The molecule has 2 rings (SSSR count). The predicted molar refractivity (Wildman–Crippen MR) is 94.5 cm³/mol. The predicted octanol–water partition coefficient (Wildman–Crippen LogP) is 1.59. The monoisotopic (exact) mass is 362 g/mol. The van der Waals surface area contributed by atoms with Crippen LogP contribution in [0.4, 0.5) is 0 Å². The number of carboxylic acids is 2. The van der Waals surface area contributed by atoms with E-state index in [9.17, 15) is 0 Å². The van der Waals surface area contributed by atoms with Gasteiger partial charge in [-0.05, 0) is 24.6 Å². The molecule has 0 spiro atoms. The van der Waals surface area contributed by atoms with Gasteiger partial charge in [-0.25, -0.2) is 14.6 Å². The number of aliphatic carboxylic acids is 2. The first-order valence-corrected chi connectivity index (χ1v) is 7.90. The third kappa shape index (κ3) is 9.24. The maximum atomic E-state index is 9.10. The van der Waals surface area contributed by atoms with E-state index in [0.29, 0.717) is 19.1 Å². The highest BCUT2D eigenvalue weighted by Gasteiger charge is 2.04. The van der Waals surface area contributed by atoms with E-state index in [2.05, 4.69) is 10.3 Å². The van der Waals surface area contributed by atoms with E-state index in [4.69, 9.17) is 29.3 Å². The van der Waals surface area contributed by atoms with Crippen LogP contribution >= 0.6 is 0 Å². The van der Waals surface area contributed by atoms with Gasteiger partial charge in [0.25, 0.3) is 0 Å². The molecule has 2 aromatic rings. The zero-order valence-corrected chi connectivity index (χ0v) is 14.4. The maximum Gasteiger partial charge on any atom is 0.414 e. The summed E-state index contributed by atoms with van der Waals surface area (Å²) < 4.78 is 11.2. The van der Waals surface area contributed by atoms with E-state index < -0.39 is 11.9 Å². The highest BCUT2D eigenvalue weighted by Crippen LogP contribution is 2.15. The van der Waals surface area contributed by atoms with Crippen LogP contribution in [0.2, 0.25) is 0 Å². The number of pyridine rings is 1. The lowest BCUT2D eigenvalue weighted by atomic mass is 10.2. The third-order valence-corrected chi connectivity index (χ3v) is 2.98. The number of hydrogen-bond acceptors (Lipinski definition) is 6. The molecule has 0 amide bonds. The summed E-state index contributed by atoms with van der Waals surface area (Å²) in [5, 5.41) is 18.0. The summed E-state index contributed by atoms with van der Waals surface area (Å²) in [6, 6.07) is 13.6. The van der Waals surface area contributed by atoms with Crippen molar-refractivity contribution >= 4 is 11.9 Å². The lowest BCUT2D eigenvalue weighted by Crippen LogP contribution is -2.26. The number of carbonyl (C=O) groups is 2. The molecule has 0 aliphatic rings. The van der Waals surface area contributed by atoms with Gasteiger partial charge >= 0.3 is 11.9 Å². The van der Waals surface area contributed by atoms with Gasteiger partial charge in [0.2, 0.25) is 5.88 Å². The minimum Gasteiger partial charge on any atom is -0.492 e. The smallest absolute Gasteiger partial charge is 0.414 e. The average Bonchev–Trinajstić information content (AvgIpc) is 2.63. The standard InChI is InChI=1S/C16H20N2O2.C2H2O4/c1-14-6-2-3-7-15(14)19-12-10-17-11-13-20-16-8-4-5-9-18-16;3-1(4)2(5)6/h2-9,17H,10-13H2,1H3;(H,3,4)(H,5,6). The summed E-state index contributed by atoms with van der Waals surface area (Å²) in [5.41, 5.74) is 1.16. The van der Waals surface area contributed by atoms with Crippen molar-refractivity contribution in [2.45, 2.75) is 6.92 Å². The van der Waals surface area contributed by atoms with E-state index in [1.807, 2.05) is 49.4 Å². The Hall–Kier alpha value is -3.13. The molecule has 0 saturated carbocycles. The first-order valence-electron chi connectivity index (χ1n) is 7.90. The Morgan fingerprint density at radius 3 is 2.15 bits per heavy atom. The van der Waals surface area contributed by atoms with Gasteiger partial charge in [0.1, 0.15) is 19.0 Å². The highest BCUT2D eigenvalue weighted by atomic mass is 16.5. The number of aromatic nitrogens is 1. The molecule has 0 atom stereocenters. The molecule has 8 nitrogen and oxygen atoms in total. The second kappa shape index (κ2) is 12.3. The molecular formula is C18H22N2O6. The largest absolute Gasteiger partial charge is 0.492 e. The molecule has 0 radical (unpaired) electrons. The number of aryl methyl sites for hydroxylation is 1. The zero-order chi connectivity index (χ0) is 19.2. The number of hydrogen-bond donors (Lipinski definition) is 3. The fraction of sp³-hybridized carbons (Fsp3) is 0.278. The summed E-state index contributed by atoms with van der Waals surface area (Å²) >= 11 is 0. The molecule has 1 heterocycles. The molecule has 1 aromatic carbocycles. The summed E-state index contributed by atoms with van der Waals surface area (Å²) in [5.74, 6) is -2.05. The first kappa shape index (κ1) is 20.9. The molecule has 1 aromatic heterocycles. The number of carboxylic acid groups (broad SMARTS) is 2. The van der Waals surface area contributed by atoms with Gasteiger partial charge in [0.15, 0.2) is 0 Å². The van der Waals surface area contributed by atoms with Crippen molar-refractivity contribution in [3.8, 4) is 11.6 Å². The first-order chi connectivity index (χ1) is 12.5. The lowest BCUT2D eigenvalue weighted by Gasteiger charge is -2.10. The van der Waals surface area contributed by atoms with Gasteiger partial charge in [-0.15, -0.1) is 0 Å². The van der Waals surface area contributed by atoms with Crippen LogP contribution in [0, 0.1) is 6.92 Å². The minimum atomic E-state index is -1.82. The number of rotatable bonds is 8. The Kier molecular flexibility index (Phi) is 9.86. The Bertz CT molecular complexity index is 666. The van der Waals surface area contributed by atoms with Crippen molar-refractivity contribution in [1.82, 2.24) is 10.3 Å². The minimum absolute atomic E-state index is 0.599. The van der Waals surface area contributed by atoms with Gasteiger partial charge in [0.05, 0.1) is 0 Å². The van der Waals surface area contributed by atoms with E-state index in [1.165, 1.54) is 0 Å². The maximum absolute atomic E-state index is 9.10. The van der Waals surface area contributed by atoms with Crippen molar-refractivity contribution in [3.05, 3.63) is 54.2 Å². The number of nitrogens with zero attached hydrogens (tertiary/aromatic N) is 1. The zero-order valence-electron chi connectivity index (χ0n) is 14.4. The number of ether oxygens (including phenoxy) is 2. The average molecular weight is 362 g/mol. The molecule has 8 heteroatoms. The fourth-order valence-corrected chi connectivity index (χ4v) is 1.74. The van der Waals surface area contributed by atoms with Crippen molar-refractivity contribution in [2.75, 3.05) is 26.3 Å². The molecule has 140 valence electrons. The highest BCUT2D eigenvalue weighted by molar-refractivity contribution is 6.27. The van der Waals surface area contributed by atoms with Crippen LogP contribution in [0.1, 0.15) is 5.56 Å². The molecule has 3 N–H and O–H groups in total. The summed E-state index contributed by atoms with van der Waals surface area (Å²) in [6.45, 7) is 4.85. The van der Waals surface area contributed by atoms with Crippen LogP contribution in [-0.4, -0.2) is 53.4 Å². The molecular weight excluding hydrogens is 340 g/mol. The van der Waals surface area contributed by atoms with Gasteiger partial charge in [-0.2, -0.15) is 0 Å². The molecule has 0 fully saturated rings. The van der Waals surface area contributed by atoms with Crippen LogP contribution in [0.25, 0.3) is 0 Å². The van der Waals surface area contributed by atoms with Crippen LogP contribution in [0.3, 0.4) is 0 Å². The van der Waals surface area contributed by atoms with Crippen molar-refractivity contribution in [2.24, 2.45) is 0 Å². The van der Waals surface area contributed by atoms with Crippen LogP contribution in [-0.2, 0) is 9.59 Å². The SMILES string of the molecule is Cc1ccccc1OCCNCCOc1ccccn1.O=C(O)C(=O)O. The van der Waals surface area contributed by atoms with Crippen molar-refractivity contribution < 1.29 is 29.3 Å². The summed E-state index contributed by atoms with van der Waals surface area (Å²) in [6.07, 6.45) is 1.72. The fourth-order valence-electron chi connectivity index (χ4n) is 1.74. The molecule has 0 aliphatic heterocycles. The second-order valence-electron chi connectivity index (χ2n) is 4.99. The summed E-state index contributed by atoms with van der Waals surface area (Å²) in [4.78, 5) is 22.3. The van der Waals surface area contributed by atoms with Crippen LogP contribution in [0.5, 0.6) is 11.6 Å². The Labute approximate surface area is 151 Å². The van der Waals surface area contributed by atoms with E-state index in [0.717, 1.165) is 24.4 Å². The molecule has 26 heavy (non-hydrogen) atoms. The number of para-hydroxylation sites is 1. The molecule has 0 unspecified atom stereocenters. The Morgan fingerprint density at radius 2 is 1.58 bits per heavy atom. The van der Waals surface area contributed by atoms with Crippen LogP contribution < -0.4 is 14.8 Å². The molecule has 0 bridgehead atoms. The summed E-state index contributed by atoms with van der Waals surface area (Å²) in [7, 11) is 0. The molecule has 0 saturated heterocycles. The lowest BCUT2D eigenvalue weighted by molar-refractivity contribution is -0.159.